The normalized spacial score (nSPS) is 10.5. The van der Waals surface area contributed by atoms with E-state index in [9.17, 15) is 0 Å². The van der Waals surface area contributed by atoms with Gasteiger partial charge in [0.05, 0.1) is 21.3 Å². The van der Waals surface area contributed by atoms with Gasteiger partial charge in [-0.05, 0) is 27.7 Å². The third kappa shape index (κ3) is 2.13. The van der Waals surface area contributed by atoms with Crippen molar-refractivity contribution in [1.82, 2.24) is 19.7 Å². The summed E-state index contributed by atoms with van der Waals surface area (Å²) in [4.78, 5) is 8.98. The van der Waals surface area contributed by atoms with Gasteiger partial charge in [0.25, 0.3) is 0 Å². The van der Waals surface area contributed by atoms with Crippen molar-refractivity contribution in [2.45, 2.75) is 10.1 Å². The molecule has 0 aliphatic carbocycles. The highest BCUT2D eigenvalue weighted by Crippen LogP contribution is 2.35. The Hall–Kier alpha value is -1.08. The summed E-state index contributed by atoms with van der Waals surface area (Å²) < 4.78 is 2.55. The van der Waals surface area contributed by atoms with E-state index in [4.69, 9.17) is 5.73 Å². The molecule has 0 spiro atoms. The Bertz CT molecular complexity index is 463. The molecule has 0 radical (unpaired) electrons. The minimum Gasteiger partial charge on any atom is -0.397 e. The Balaban J connectivity index is 2.36. The van der Waals surface area contributed by atoms with Crippen LogP contribution in [0, 0.1) is 0 Å². The molecule has 0 fully saturated rings. The van der Waals surface area contributed by atoms with Gasteiger partial charge < -0.3 is 5.73 Å². The highest BCUT2D eigenvalue weighted by molar-refractivity contribution is 9.10. The van der Waals surface area contributed by atoms with Crippen molar-refractivity contribution in [2.75, 3.05) is 5.73 Å². The number of nitrogen functional groups attached to an aromatic ring is 1. The van der Waals surface area contributed by atoms with Crippen LogP contribution < -0.4 is 5.73 Å². The van der Waals surface area contributed by atoms with Crippen molar-refractivity contribution < 1.29 is 0 Å². The van der Waals surface area contributed by atoms with Gasteiger partial charge >= 0.3 is 0 Å². The number of aromatic nitrogens is 4. The van der Waals surface area contributed by atoms with E-state index >= 15 is 0 Å². The van der Waals surface area contributed by atoms with Crippen molar-refractivity contribution in [1.29, 1.82) is 0 Å². The van der Waals surface area contributed by atoms with Gasteiger partial charge in [-0.3, -0.25) is 4.98 Å². The van der Waals surface area contributed by atoms with Gasteiger partial charge in [-0.1, -0.05) is 0 Å². The van der Waals surface area contributed by atoms with E-state index in [1.165, 1.54) is 18.1 Å². The number of nitrogens with two attached hydrogens (primary N) is 1. The molecule has 0 atom stereocenters. The van der Waals surface area contributed by atoms with Gasteiger partial charge in [-0.25, -0.2) is 9.67 Å². The van der Waals surface area contributed by atoms with Crippen LogP contribution in [-0.2, 0) is 7.05 Å². The van der Waals surface area contributed by atoms with Crippen molar-refractivity contribution in [3.05, 3.63) is 23.2 Å². The Morgan fingerprint density at radius 2 is 2.27 bits per heavy atom. The maximum absolute atomic E-state index is 5.82. The number of pyridine rings is 1. The van der Waals surface area contributed by atoms with Crippen LogP contribution in [0.25, 0.3) is 0 Å². The van der Waals surface area contributed by atoms with Gasteiger partial charge in [-0.2, -0.15) is 5.10 Å². The highest BCUT2D eigenvalue weighted by Gasteiger charge is 2.10. The Morgan fingerprint density at radius 1 is 1.47 bits per heavy atom. The number of rotatable bonds is 2. The molecule has 0 saturated carbocycles. The van der Waals surface area contributed by atoms with E-state index in [2.05, 4.69) is 31.0 Å². The second-order valence-corrected chi connectivity index (χ2v) is 4.64. The highest BCUT2D eigenvalue weighted by atomic mass is 79.9. The van der Waals surface area contributed by atoms with Crippen LogP contribution in [0.5, 0.6) is 0 Å². The second kappa shape index (κ2) is 4.19. The molecule has 0 aromatic carbocycles. The molecule has 7 heteroatoms. The summed E-state index contributed by atoms with van der Waals surface area (Å²) in [6, 6.07) is 0. The fourth-order valence-corrected chi connectivity index (χ4v) is 2.39. The van der Waals surface area contributed by atoms with Crippen molar-refractivity contribution in [3.63, 3.8) is 0 Å². The summed E-state index contributed by atoms with van der Waals surface area (Å²) in [5, 5.41) is 4.77. The number of halogens is 1. The predicted octanol–water partition coefficient (Wildman–Crippen LogP) is 1.71. The molecule has 15 heavy (non-hydrogen) atoms. The number of aryl methyl sites for hydroxylation is 1. The summed E-state index contributed by atoms with van der Waals surface area (Å²) >= 11 is 4.85. The number of nitrogens with zero attached hydrogens (tertiary/aromatic N) is 4. The molecule has 0 amide bonds. The third-order valence-corrected chi connectivity index (χ3v) is 3.82. The lowest BCUT2D eigenvalue weighted by Gasteiger charge is -2.05. The standard InChI is InChI=1S/C8H8BrN5S/c1-14-8(12-4-13-14)15-7-5(9)2-11-3-6(7)10/h2-4H,10H2,1H3. The first-order valence-corrected chi connectivity index (χ1v) is 5.70. The summed E-state index contributed by atoms with van der Waals surface area (Å²) in [7, 11) is 1.83. The Labute approximate surface area is 99.2 Å². The second-order valence-electron chi connectivity index (χ2n) is 2.81. The lowest BCUT2D eigenvalue weighted by molar-refractivity contribution is 0.685. The van der Waals surface area contributed by atoms with E-state index in [1.807, 2.05) is 7.05 Å². The van der Waals surface area contributed by atoms with Crippen LogP contribution in [0.15, 0.2) is 33.2 Å². The third-order valence-electron chi connectivity index (χ3n) is 1.74. The van der Waals surface area contributed by atoms with Crippen LogP contribution in [0.1, 0.15) is 0 Å². The van der Waals surface area contributed by atoms with Crippen LogP contribution in [0.2, 0.25) is 0 Å². The maximum Gasteiger partial charge on any atom is 0.190 e. The molecule has 0 bridgehead atoms. The number of hydrogen-bond donors (Lipinski definition) is 1. The van der Waals surface area contributed by atoms with Crippen molar-refractivity contribution in [3.8, 4) is 0 Å². The monoisotopic (exact) mass is 285 g/mol. The van der Waals surface area contributed by atoms with Crippen molar-refractivity contribution >= 4 is 33.4 Å². The molecule has 0 aliphatic rings. The molecule has 0 aliphatic heterocycles. The summed E-state index contributed by atoms with van der Waals surface area (Å²) in [6.07, 6.45) is 4.83. The molecule has 2 rings (SSSR count). The molecule has 2 aromatic heterocycles. The Morgan fingerprint density at radius 3 is 2.87 bits per heavy atom. The molecule has 0 unspecified atom stereocenters. The zero-order chi connectivity index (χ0) is 10.8. The SMILES string of the molecule is Cn1ncnc1Sc1c(N)cncc1Br. The average molecular weight is 286 g/mol. The average Bonchev–Trinajstić information content (AvgIpc) is 2.58. The molecule has 0 saturated heterocycles. The fourth-order valence-electron chi connectivity index (χ4n) is 1.02. The summed E-state index contributed by atoms with van der Waals surface area (Å²) in [5.41, 5.74) is 6.44. The van der Waals surface area contributed by atoms with Gasteiger partial charge in [-0.15, -0.1) is 0 Å². The van der Waals surface area contributed by atoms with E-state index in [0.29, 0.717) is 5.69 Å². The molecule has 78 valence electrons. The topological polar surface area (TPSA) is 69.6 Å². The van der Waals surface area contributed by atoms with Crippen LogP contribution >= 0.6 is 27.7 Å². The first-order valence-electron chi connectivity index (χ1n) is 4.09. The zero-order valence-electron chi connectivity index (χ0n) is 7.88. The minimum atomic E-state index is 0.623. The van der Waals surface area contributed by atoms with E-state index in [0.717, 1.165) is 14.5 Å². The van der Waals surface area contributed by atoms with Crippen molar-refractivity contribution in [2.24, 2.45) is 7.05 Å². The van der Waals surface area contributed by atoms with Crippen LogP contribution in [-0.4, -0.2) is 19.7 Å². The maximum atomic E-state index is 5.82. The van der Waals surface area contributed by atoms with Gasteiger partial charge in [0.1, 0.15) is 6.33 Å². The molecule has 2 aromatic rings. The minimum absolute atomic E-state index is 0.623. The van der Waals surface area contributed by atoms with E-state index in [-0.39, 0.29) is 0 Å². The Kier molecular flexibility index (Phi) is 2.92. The molecule has 5 nitrogen and oxygen atoms in total. The van der Waals surface area contributed by atoms with E-state index < -0.39 is 0 Å². The first-order chi connectivity index (χ1) is 7.18. The lowest BCUT2D eigenvalue weighted by atomic mass is 10.4. The molecular weight excluding hydrogens is 278 g/mol. The van der Waals surface area contributed by atoms with E-state index in [1.54, 1.807) is 17.1 Å². The summed E-state index contributed by atoms with van der Waals surface area (Å²) in [6.45, 7) is 0. The van der Waals surface area contributed by atoms with Gasteiger partial charge in [0.2, 0.25) is 0 Å². The number of anilines is 1. The zero-order valence-corrected chi connectivity index (χ0v) is 10.3. The predicted molar refractivity (Wildman–Crippen MR) is 61.5 cm³/mol. The largest absolute Gasteiger partial charge is 0.397 e. The van der Waals surface area contributed by atoms with Gasteiger partial charge in [0.15, 0.2) is 5.16 Å². The first kappa shape index (κ1) is 10.4. The molecule has 2 N–H and O–H groups in total. The molecular formula is C8H8BrN5S. The smallest absolute Gasteiger partial charge is 0.190 e. The fraction of sp³-hybridized carbons (Fsp3) is 0.125. The van der Waals surface area contributed by atoms with Gasteiger partial charge in [0, 0.05) is 13.2 Å². The quantitative estimate of drug-likeness (QED) is 0.910. The summed E-state index contributed by atoms with van der Waals surface area (Å²) in [5.74, 6) is 0. The number of hydrogen-bond acceptors (Lipinski definition) is 5. The van der Waals surface area contributed by atoms with Crippen LogP contribution in [0.3, 0.4) is 0 Å². The lowest BCUT2D eigenvalue weighted by Crippen LogP contribution is -1.95. The van der Waals surface area contributed by atoms with Crippen LogP contribution in [0.4, 0.5) is 5.69 Å². The molecule has 2 heterocycles.